The molecular weight excluding hydrogens is 313 g/mol. The van der Waals surface area contributed by atoms with Gasteiger partial charge in [-0.1, -0.05) is 11.6 Å². The van der Waals surface area contributed by atoms with Crippen molar-refractivity contribution in [2.24, 2.45) is 5.92 Å². The van der Waals surface area contributed by atoms with Crippen LogP contribution in [0.15, 0.2) is 18.2 Å². The van der Waals surface area contributed by atoms with Crippen LogP contribution >= 0.6 is 24.0 Å². The Labute approximate surface area is 135 Å². The number of amides is 2. The van der Waals surface area contributed by atoms with Crippen LogP contribution < -0.4 is 16.0 Å². The lowest BCUT2D eigenvalue weighted by atomic mass is 9.97. The first-order valence-electron chi connectivity index (χ1n) is 6.65. The molecule has 1 aromatic carbocycles. The number of halogens is 2. The van der Waals surface area contributed by atoms with Crippen LogP contribution in [0.3, 0.4) is 0 Å². The Balaban J connectivity index is 0.00000220. The SMILES string of the molecule is CNC(=O)c1cc(NC(=O)C2CCNCC2)ccc1Cl.Cl. The third kappa shape index (κ3) is 4.59. The highest BCUT2D eigenvalue weighted by Gasteiger charge is 2.21. The minimum atomic E-state index is -0.270. The summed E-state index contributed by atoms with van der Waals surface area (Å²) >= 11 is 5.97. The van der Waals surface area contributed by atoms with Crippen LogP contribution in [0.5, 0.6) is 0 Å². The van der Waals surface area contributed by atoms with Gasteiger partial charge >= 0.3 is 0 Å². The molecule has 0 radical (unpaired) electrons. The molecule has 2 amide bonds. The molecule has 7 heteroatoms. The number of carbonyl (C=O) groups excluding carboxylic acids is 2. The third-order valence-electron chi connectivity index (χ3n) is 3.42. The first-order valence-corrected chi connectivity index (χ1v) is 7.03. The van der Waals surface area contributed by atoms with Gasteiger partial charge in [0, 0.05) is 18.7 Å². The Morgan fingerprint density at radius 3 is 2.57 bits per heavy atom. The summed E-state index contributed by atoms with van der Waals surface area (Å²) in [6.07, 6.45) is 1.67. The molecule has 0 aromatic heterocycles. The molecular formula is C14H19Cl2N3O2. The van der Waals surface area contributed by atoms with Crippen LogP contribution in [0.25, 0.3) is 0 Å². The summed E-state index contributed by atoms with van der Waals surface area (Å²) < 4.78 is 0. The van der Waals surface area contributed by atoms with Gasteiger partial charge in [0.25, 0.3) is 5.91 Å². The van der Waals surface area contributed by atoms with Crippen molar-refractivity contribution in [1.82, 2.24) is 10.6 Å². The lowest BCUT2D eigenvalue weighted by Crippen LogP contribution is -2.34. The van der Waals surface area contributed by atoms with Crippen LogP contribution in [0.1, 0.15) is 23.2 Å². The highest BCUT2D eigenvalue weighted by Crippen LogP contribution is 2.22. The zero-order chi connectivity index (χ0) is 14.5. The van der Waals surface area contributed by atoms with Gasteiger partial charge in [-0.2, -0.15) is 0 Å². The number of benzene rings is 1. The normalized spacial score (nSPS) is 15.0. The average Bonchev–Trinajstić information content (AvgIpc) is 2.49. The fourth-order valence-corrected chi connectivity index (χ4v) is 2.44. The fraction of sp³-hybridized carbons (Fsp3) is 0.429. The molecule has 1 saturated heterocycles. The van der Waals surface area contributed by atoms with E-state index in [9.17, 15) is 9.59 Å². The predicted molar refractivity (Wildman–Crippen MR) is 86.3 cm³/mol. The van der Waals surface area contributed by atoms with Gasteiger partial charge in [0.05, 0.1) is 10.6 Å². The molecule has 2 rings (SSSR count). The number of carbonyl (C=O) groups is 2. The molecule has 0 atom stereocenters. The number of hydrogen-bond donors (Lipinski definition) is 3. The summed E-state index contributed by atoms with van der Waals surface area (Å²) in [6, 6.07) is 4.91. The summed E-state index contributed by atoms with van der Waals surface area (Å²) in [5.74, 6) is -0.250. The van der Waals surface area contributed by atoms with E-state index in [-0.39, 0.29) is 30.1 Å². The molecule has 3 N–H and O–H groups in total. The second-order valence-electron chi connectivity index (χ2n) is 4.79. The maximum Gasteiger partial charge on any atom is 0.252 e. The molecule has 21 heavy (non-hydrogen) atoms. The van der Waals surface area contributed by atoms with Gasteiger partial charge in [0.1, 0.15) is 0 Å². The molecule has 0 aliphatic carbocycles. The summed E-state index contributed by atoms with van der Waals surface area (Å²) in [5.41, 5.74) is 0.953. The van der Waals surface area contributed by atoms with Crippen LogP contribution in [-0.4, -0.2) is 32.0 Å². The maximum atomic E-state index is 12.1. The molecule has 1 aliphatic rings. The summed E-state index contributed by atoms with van der Waals surface area (Å²) in [5, 5.41) is 8.96. The topological polar surface area (TPSA) is 70.2 Å². The van der Waals surface area contributed by atoms with E-state index in [4.69, 9.17) is 11.6 Å². The van der Waals surface area contributed by atoms with Gasteiger partial charge in [-0.15, -0.1) is 12.4 Å². The highest BCUT2D eigenvalue weighted by atomic mass is 35.5. The van der Waals surface area contributed by atoms with Gasteiger partial charge in [-0.25, -0.2) is 0 Å². The van der Waals surface area contributed by atoms with Crippen molar-refractivity contribution in [3.8, 4) is 0 Å². The lowest BCUT2D eigenvalue weighted by Gasteiger charge is -2.21. The average molecular weight is 332 g/mol. The van der Waals surface area contributed by atoms with Gasteiger partial charge in [-0.3, -0.25) is 9.59 Å². The maximum absolute atomic E-state index is 12.1. The van der Waals surface area contributed by atoms with Crippen LogP contribution in [0.2, 0.25) is 5.02 Å². The predicted octanol–water partition coefficient (Wildman–Crippen LogP) is 2.06. The molecule has 0 bridgehead atoms. The Morgan fingerprint density at radius 2 is 1.95 bits per heavy atom. The minimum absolute atomic E-state index is 0. The fourth-order valence-electron chi connectivity index (χ4n) is 2.24. The number of rotatable bonds is 3. The van der Waals surface area contributed by atoms with Crippen molar-refractivity contribution in [1.29, 1.82) is 0 Å². The molecule has 0 saturated carbocycles. The van der Waals surface area contributed by atoms with Crippen LogP contribution in [0, 0.1) is 5.92 Å². The zero-order valence-electron chi connectivity index (χ0n) is 11.7. The summed E-state index contributed by atoms with van der Waals surface area (Å²) in [6.45, 7) is 1.73. The monoisotopic (exact) mass is 331 g/mol. The summed E-state index contributed by atoms with van der Waals surface area (Å²) in [7, 11) is 1.54. The Hall–Kier alpha value is -1.30. The zero-order valence-corrected chi connectivity index (χ0v) is 13.3. The number of nitrogens with one attached hydrogen (secondary N) is 3. The number of anilines is 1. The van der Waals surface area contributed by atoms with E-state index in [1.54, 1.807) is 25.2 Å². The molecule has 1 heterocycles. The number of hydrogen-bond acceptors (Lipinski definition) is 3. The largest absolute Gasteiger partial charge is 0.355 e. The molecule has 0 spiro atoms. The van der Waals surface area contributed by atoms with Crippen molar-refractivity contribution in [2.75, 3.05) is 25.5 Å². The van der Waals surface area contributed by atoms with E-state index >= 15 is 0 Å². The first kappa shape index (κ1) is 17.8. The van der Waals surface area contributed by atoms with E-state index < -0.39 is 0 Å². The molecule has 5 nitrogen and oxygen atoms in total. The highest BCUT2D eigenvalue weighted by molar-refractivity contribution is 6.34. The van der Waals surface area contributed by atoms with E-state index in [1.165, 1.54) is 0 Å². The Kier molecular flexibility index (Phi) is 6.95. The van der Waals surface area contributed by atoms with Crippen LogP contribution in [-0.2, 0) is 4.79 Å². The van der Waals surface area contributed by atoms with Crippen molar-refractivity contribution >= 4 is 41.5 Å². The van der Waals surface area contributed by atoms with Crippen molar-refractivity contribution in [3.63, 3.8) is 0 Å². The second kappa shape index (κ2) is 8.22. The molecule has 1 fully saturated rings. The number of piperidine rings is 1. The van der Waals surface area contributed by atoms with E-state index in [0.29, 0.717) is 16.3 Å². The third-order valence-corrected chi connectivity index (χ3v) is 3.75. The van der Waals surface area contributed by atoms with Crippen molar-refractivity contribution in [3.05, 3.63) is 28.8 Å². The quantitative estimate of drug-likeness (QED) is 0.794. The Morgan fingerprint density at radius 1 is 1.29 bits per heavy atom. The minimum Gasteiger partial charge on any atom is -0.355 e. The smallest absolute Gasteiger partial charge is 0.252 e. The Bertz CT molecular complexity index is 517. The second-order valence-corrected chi connectivity index (χ2v) is 5.19. The standard InChI is InChI=1S/C14H18ClN3O2.ClH/c1-16-14(20)11-8-10(2-3-12(11)15)18-13(19)9-4-6-17-7-5-9;/h2-3,8-9,17H,4-7H2,1H3,(H,16,20)(H,18,19);1H. The lowest BCUT2D eigenvalue weighted by molar-refractivity contribution is -0.120. The van der Waals surface area contributed by atoms with E-state index in [0.717, 1.165) is 25.9 Å². The molecule has 0 unspecified atom stereocenters. The van der Waals surface area contributed by atoms with Gasteiger partial charge in [0.2, 0.25) is 5.91 Å². The molecule has 1 aromatic rings. The molecule has 116 valence electrons. The molecule has 1 aliphatic heterocycles. The van der Waals surface area contributed by atoms with Gasteiger partial charge < -0.3 is 16.0 Å². The van der Waals surface area contributed by atoms with Crippen molar-refractivity contribution < 1.29 is 9.59 Å². The van der Waals surface area contributed by atoms with Crippen LogP contribution in [0.4, 0.5) is 5.69 Å². The van der Waals surface area contributed by atoms with Gasteiger partial charge in [-0.05, 0) is 44.1 Å². The van der Waals surface area contributed by atoms with E-state index in [1.807, 2.05) is 0 Å². The van der Waals surface area contributed by atoms with E-state index in [2.05, 4.69) is 16.0 Å². The first-order chi connectivity index (χ1) is 9.61. The van der Waals surface area contributed by atoms with Gasteiger partial charge in [0.15, 0.2) is 0 Å². The van der Waals surface area contributed by atoms with Crippen molar-refractivity contribution in [2.45, 2.75) is 12.8 Å². The summed E-state index contributed by atoms with van der Waals surface area (Å²) in [4.78, 5) is 23.8.